The molecule has 1 aliphatic heterocycles. The van der Waals surface area contributed by atoms with Crippen LogP contribution in [0.5, 0.6) is 0 Å². The summed E-state index contributed by atoms with van der Waals surface area (Å²) in [6.45, 7) is 9.94. The smallest absolute Gasteiger partial charge is 0.273 e. The molecule has 0 aromatic carbocycles. The number of hydrazine groups is 2. The van der Waals surface area contributed by atoms with E-state index in [1.165, 1.54) is 17.1 Å². The number of amides is 4. The van der Waals surface area contributed by atoms with Gasteiger partial charge in [0, 0.05) is 26.6 Å². The summed E-state index contributed by atoms with van der Waals surface area (Å²) in [6.07, 6.45) is 6.92. The Morgan fingerprint density at radius 2 is 1.79 bits per heavy atom. The van der Waals surface area contributed by atoms with Crippen LogP contribution < -0.4 is 5.43 Å². The Kier molecular flexibility index (Phi) is 7.74. The predicted molar refractivity (Wildman–Crippen MR) is 92.3 cm³/mol. The summed E-state index contributed by atoms with van der Waals surface area (Å²) in [5.41, 5.74) is 3.22. The Morgan fingerprint density at radius 1 is 1.17 bits per heavy atom. The van der Waals surface area contributed by atoms with Crippen LogP contribution in [0.3, 0.4) is 0 Å². The Bertz CT molecular complexity index is 542. The molecule has 1 aliphatic rings. The van der Waals surface area contributed by atoms with E-state index >= 15 is 0 Å². The molecule has 1 N–H and O–H groups in total. The minimum absolute atomic E-state index is 0.0880. The molecule has 0 radical (unpaired) electrons. The van der Waals surface area contributed by atoms with Crippen molar-refractivity contribution in [1.82, 2.24) is 20.5 Å². The Balaban J connectivity index is 2.70. The van der Waals surface area contributed by atoms with Crippen LogP contribution in [-0.4, -0.2) is 53.0 Å². The van der Waals surface area contributed by atoms with E-state index in [1.807, 2.05) is 0 Å². The van der Waals surface area contributed by atoms with Crippen LogP contribution in [0.2, 0.25) is 0 Å². The first-order valence-electron chi connectivity index (χ1n) is 8.03. The molecule has 1 heterocycles. The Hall–Kier alpha value is -2.57. The normalized spacial score (nSPS) is 14.8. The number of carbonyl (C=O) groups is 3. The fraction of sp³-hybridized carbons (Fsp3) is 0.471. The van der Waals surface area contributed by atoms with Gasteiger partial charge in [0.2, 0.25) is 11.8 Å². The van der Waals surface area contributed by atoms with Crippen molar-refractivity contribution in [3.63, 3.8) is 0 Å². The largest absolute Gasteiger partial charge is 0.357 e. The molecule has 0 aromatic rings. The van der Waals surface area contributed by atoms with Gasteiger partial charge in [-0.15, -0.1) is 0 Å². The SMILES string of the molecule is C=C/C=C(\C=C)CC(=O)NN(C)C(=O)N1CCCCN1C(=O)CC. The van der Waals surface area contributed by atoms with Gasteiger partial charge in [-0.25, -0.2) is 14.8 Å². The van der Waals surface area contributed by atoms with Crippen molar-refractivity contribution in [3.8, 4) is 0 Å². The number of carbonyl (C=O) groups excluding carboxylic acids is 3. The number of nitrogens with one attached hydrogen (secondary N) is 1. The maximum atomic E-state index is 12.5. The van der Waals surface area contributed by atoms with E-state index in [4.69, 9.17) is 0 Å². The van der Waals surface area contributed by atoms with E-state index in [0.717, 1.165) is 17.9 Å². The van der Waals surface area contributed by atoms with Crippen molar-refractivity contribution in [3.05, 3.63) is 37.0 Å². The van der Waals surface area contributed by atoms with Gasteiger partial charge in [0.05, 0.1) is 6.42 Å². The number of nitrogens with zero attached hydrogens (tertiary/aromatic N) is 3. The third-order valence-electron chi connectivity index (χ3n) is 3.63. The van der Waals surface area contributed by atoms with Crippen LogP contribution in [0.1, 0.15) is 32.6 Å². The third-order valence-corrected chi connectivity index (χ3v) is 3.63. The Labute approximate surface area is 143 Å². The van der Waals surface area contributed by atoms with Gasteiger partial charge in [0.1, 0.15) is 0 Å². The van der Waals surface area contributed by atoms with E-state index < -0.39 is 6.03 Å². The summed E-state index contributed by atoms with van der Waals surface area (Å²) in [7, 11) is 1.47. The molecule has 7 heteroatoms. The van der Waals surface area contributed by atoms with Crippen LogP contribution in [0.25, 0.3) is 0 Å². The van der Waals surface area contributed by atoms with Gasteiger partial charge in [-0.05, 0) is 18.4 Å². The number of urea groups is 1. The van der Waals surface area contributed by atoms with Crippen molar-refractivity contribution in [2.45, 2.75) is 32.6 Å². The number of hydrogen-bond acceptors (Lipinski definition) is 3. The van der Waals surface area contributed by atoms with E-state index in [9.17, 15) is 14.4 Å². The van der Waals surface area contributed by atoms with Gasteiger partial charge < -0.3 is 0 Å². The van der Waals surface area contributed by atoms with Crippen LogP contribution in [0, 0.1) is 0 Å². The molecule has 0 atom stereocenters. The fourth-order valence-corrected chi connectivity index (χ4v) is 2.39. The van der Waals surface area contributed by atoms with Gasteiger partial charge in [0.15, 0.2) is 0 Å². The Morgan fingerprint density at radius 3 is 2.33 bits per heavy atom. The number of hydrogen-bond donors (Lipinski definition) is 1. The highest BCUT2D eigenvalue weighted by Gasteiger charge is 2.30. The third kappa shape index (κ3) is 5.26. The van der Waals surface area contributed by atoms with E-state index in [2.05, 4.69) is 18.6 Å². The molecule has 132 valence electrons. The first kappa shape index (κ1) is 19.5. The average molecular weight is 334 g/mol. The molecule has 7 nitrogen and oxygen atoms in total. The zero-order valence-corrected chi connectivity index (χ0v) is 14.5. The lowest BCUT2D eigenvalue weighted by Crippen LogP contribution is -2.59. The quantitative estimate of drug-likeness (QED) is 0.617. The highest BCUT2D eigenvalue weighted by Crippen LogP contribution is 2.14. The van der Waals surface area contributed by atoms with Crippen LogP contribution in [0.4, 0.5) is 4.79 Å². The first-order valence-corrected chi connectivity index (χ1v) is 8.03. The molecule has 1 fully saturated rings. The molecule has 1 rings (SSSR count). The topological polar surface area (TPSA) is 73.0 Å². The maximum Gasteiger partial charge on any atom is 0.357 e. The molecule has 0 saturated carbocycles. The van der Waals surface area contributed by atoms with E-state index in [-0.39, 0.29) is 18.2 Å². The summed E-state index contributed by atoms with van der Waals surface area (Å²) >= 11 is 0. The number of rotatable bonds is 5. The molecular formula is C17H26N4O3. The molecule has 24 heavy (non-hydrogen) atoms. The van der Waals surface area contributed by atoms with Crippen molar-refractivity contribution in [2.75, 3.05) is 20.1 Å². The highest BCUT2D eigenvalue weighted by molar-refractivity contribution is 5.84. The second-order valence-electron chi connectivity index (χ2n) is 5.44. The summed E-state index contributed by atoms with van der Waals surface area (Å²) in [4.78, 5) is 36.5. The van der Waals surface area contributed by atoms with Gasteiger partial charge in [-0.1, -0.05) is 38.3 Å². The van der Waals surface area contributed by atoms with Crippen molar-refractivity contribution < 1.29 is 14.4 Å². The second kappa shape index (κ2) is 9.54. The maximum absolute atomic E-state index is 12.5. The fourth-order valence-electron chi connectivity index (χ4n) is 2.39. The lowest BCUT2D eigenvalue weighted by atomic mass is 10.1. The van der Waals surface area contributed by atoms with Crippen molar-refractivity contribution in [2.24, 2.45) is 0 Å². The zero-order chi connectivity index (χ0) is 18.1. The summed E-state index contributed by atoms with van der Waals surface area (Å²) in [6, 6.07) is -0.433. The van der Waals surface area contributed by atoms with E-state index in [0.29, 0.717) is 25.1 Å². The standard InChI is InChI=1S/C17H26N4O3/c1-5-10-14(6-2)13-15(22)18-19(4)17(24)21-12-9-8-11-20(21)16(23)7-3/h5-6,10H,1-2,7-9,11-13H2,3-4H3,(H,18,22)/b14-10+. The van der Waals surface area contributed by atoms with Crippen LogP contribution in [-0.2, 0) is 9.59 Å². The molecule has 0 aliphatic carbocycles. The van der Waals surface area contributed by atoms with Crippen molar-refractivity contribution in [1.29, 1.82) is 0 Å². The second-order valence-corrected chi connectivity index (χ2v) is 5.44. The molecular weight excluding hydrogens is 308 g/mol. The average Bonchev–Trinajstić information content (AvgIpc) is 2.59. The first-order chi connectivity index (χ1) is 11.4. The van der Waals surface area contributed by atoms with Crippen LogP contribution in [0.15, 0.2) is 37.0 Å². The van der Waals surface area contributed by atoms with Gasteiger partial charge in [0.25, 0.3) is 0 Å². The summed E-state index contributed by atoms with van der Waals surface area (Å²) in [5, 5.41) is 3.96. The van der Waals surface area contributed by atoms with Crippen molar-refractivity contribution >= 4 is 17.8 Å². The summed E-state index contributed by atoms with van der Waals surface area (Å²) < 4.78 is 0. The molecule has 0 bridgehead atoms. The lowest BCUT2D eigenvalue weighted by molar-refractivity contribution is -0.148. The van der Waals surface area contributed by atoms with Gasteiger partial charge in [-0.3, -0.25) is 20.0 Å². The predicted octanol–water partition coefficient (Wildman–Crippen LogP) is 2.01. The zero-order valence-electron chi connectivity index (χ0n) is 14.5. The van der Waals surface area contributed by atoms with Gasteiger partial charge in [-0.2, -0.15) is 0 Å². The monoisotopic (exact) mass is 334 g/mol. The highest BCUT2D eigenvalue weighted by atomic mass is 16.2. The number of allylic oxidation sites excluding steroid dienone is 3. The van der Waals surface area contributed by atoms with E-state index in [1.54, 1.807) is 25.2 Å². The molecule has 0 spiro atoms. The lowest BCUT2D eigenvalue weighted by Gasteiger charge is -2.40. The van der Waals surface area contributed by atoms with Gasteiger partial charge >= 0.3 is 6.03 Å². The van der Waals surface area contributed by atoms with Crippen LogP contribution >= 0.6 is 0 Å². The molecule has 4 amide bonds. The summed E-state index contributed by atoms with van der Waals surface area (Å²) in [5.74, 6) is -0.449. The molecule has 0 aromatic heterocycles. The molecule has 1 saturated heterocycles. The minimum Gasteiger partial charge on any atom is -0.273 e. The molecule has 0 unspecified atom stereocenters. The minimum atomic E-state index is -0.433.